The third-order valence-electron chi connectivity index (χ3n) is 3.59. The highest BCUT2D eigenvalue weighted by Gasteiger charge is 2.16. The van der Waals surface area contributed by atoms with Gasteiger partial charge in [0.15, 0.2) is 11.5 Å². The number of fused-ring (bicyclic) bond motifs is 2. The first-order valence-corrected chi connectivity index (χ1v) is 6.47. The predicted octanol–water partition coefficient (Wildman–Crippen LogP) is 2.63. The molecule has 0 radical (unpaired) electrons. The van der Waals surface area contributed by atoms with Crippen molar-refractivity contribution in [3.05, 3.63) is 52.9 Å². The van der Waals surface area contributed by atoms with Crippen LogP contribution in [0.25, 0.3) is 21.9 Å². The van der Waals surface area contributed by atoms with Gasteiger partial charge in [-0.05, 0) is 29.8 Å². The fourth-order valence-corrected chi connectivity index (χ4v) is 2.59. The van der Waals surface area contributed by atoms with Gasteiger partial charge in [-0.15, -0.1) is 0 Å². The zero-order valence-corrected chi connectivity index (χ0v) is 10.9. The van der Waals surface area contributed by atoms with E-state index in [0.29, 0.717) is 22.3 Å². The van der Waals surface area contributed by atoms with Crippen LogP contribution in [0.1, 0.15) is 0 Å². The van der Waals surface area contributed by atoms with E-state index in [1.54, 1.807) is 24.4 Å². The van der Waals surface area contributed by atoms with Crippen LogP contribution in [-0.2, 0) is 0 Å². The molecule has 104 valence electrons. The molecule has 3 aromatic rings. The normalized spacial score (nSPS) is 12.8. The Morgan fingerprint density at radius 2 is 1.95 bits per heavy atom. The lowest BCUT2D eigenvalue weighted by Gasteiger charge is -2.08. The van der Waals surface area contributed by atoms with Crippen molar-refractivity contribution < 1.29 is 14.6 Å². The van der Waals surface area contributed by atoms with Crippen LogP contribution in [0.4, 0.5) is 0 Å². The summed E-state index contributed by atoms with van der Waals surface area (Å²) in [4.78, 5) is 14.6. The van der Waals surface area contributed by atoms with Crippen LogP contribution < -0.4 is 15.0 Å². The van der Waals surface area contributed by atoms with Crippen molar-refractivity contribution in [2.24, 2.45) is 0 Å². The molecule has 1 aliphatic heterocycles. The van der Waals surface area contributed by atoms with Gasteiger partial charge < -0.3 is 19.6 Å². The van der Waals surface area contributed by atoms with Crippen molar-refractivity contribution in [2.75, 3.05) is 6.79 Å². The van der Waals surface area contributed by atoms with Crippen LogP contribution in [0.3, 0.4) is 0 Å². The quantitative estimate of drug-likeness (QED) is 0.719. The van der Waals surface area contributed by atoms with E-state index >= 15 is 0 Å². The standard InChI is InChI=1S/C16H11NO4/c18-12-3-1-2-10-15(12)11(7-17-16(10)19)9-4-5-13-14(6-9)21-8-20-13/h1-7,18H,8H2,(H,17,19). The van der Waals surface area contributed by atoms with Gasteiger partial charge in [-0.2, -0.15) is 0 Å². The average Bonchev–Trinajstić information content (AvgIpc) is 2.96. The van der Waals surface area contributed by atoms with Gasteiger partial charge in [0.25, 0.3) is 5.56 Å². The highest BCUT2D eigenvalue weighted by atomic mass is 16.7. The van der Waals surface area contributed by atoms with Crippen molar-refractivity contribution in [3.63, 3.8) is 0 Å². The van der Waals surface area contributed by atoms with Crippen molar-refractivity contribution in [2.45, 2.75) is 0 Å². The number of benzene rings is 2. The second-order valence-electron chi connectivity index (χ2n) is 4.80. The summed E-state index contributed by atoms with van der Waals surface area (Å²) in [6.45, 7) is 0.205. The fourth-order valence-electron chi connectivity index (χ4n) is 2.59. The molecule has 0 spiro atoms. The molecule has 5 heteroatoms. The number of hydrogen-bond donors (Lipinski definition) is 2. The minimum absolute atomic E-state index is 0.0752. The van der Waals surface area contributed by atoms with Gasteiger partial charge in [0.2, 0.25) is 6.79 Å². The highest BCUT2D eigenvalue weighted by molar-refractivity contribution is 6.00. The Morgan fingerprint density at radius 3 is 2.86 bits per heavy atom. The third kappa shape index (κ3) is 1.74. The summed E-state index contributed by atoms with van der Waals surface area (Å²) in [5.41, 5.74) is 1.34. The van der Waals surface area contributed by atoms with Gasteiger partial charge in [0.1, 0.15) is 5.75 Å². The zero-order valence-electron chi connectivity index (χ0n) is 10.9. The number of pyridine rings is 1. The number of phenolic OH excluding ortho intramolecular Hbond substituents is 1. The molecule has 0 saturated heterocycles. The summed E-state index contributed by atoms with van der Waals surface area (Å²) < 4.78 is 10.7. The molecule has 21 heavy (non-hydrogen) atoms. The molecule has 0 atom stereocenters. The number of phenols is 1. The molecule has 0 saturated carbocycles. The van der Waals surface area contributed by atoms with Crippen LogP contribution in [0.15, 0.2) is 47.4 Å². The van der Waals surface area contributed by atoms with Crippen molar-refractivity contribution in [3.8, 4) is 28.4 Å². The first-order valence-electron chi connectivity index (χ1n) is 6.47. The number of H-pyrrole nitrogens is 1. The maximum Gasteiger partial charge on any atom is 0.255 e. The Bertz CT molecular complexity index is 914. The van der Waals surface area contributed by atoms with E-state index in [1.165, 1.54) is 0 Å². The number of nitrogens with one attached hydrogen (secondary N) is 1. The van der Waals surface area contributed by atoms with Gasteiger partial charge in [0, 0.05) is 17.1 Å². The van der Waals surface area contributed by atoms with Gasteiger partial charge >= 0.3 is 0 Å². The van der Waals surface area contributed by atoms with E-state index in [2.05, 4.69) is 4.98 Å². The van der Waals surface area contributed by atoms with Crippen molar-refractivity contribution in [1.29, 1.82) is 0 Å². The lowest BCUT2D eigenvalue weighted by atomic mass is 10.00. The molecule has 0 fully saturated rings. The first-order chi connectivity index (χ1) is 10.2. The minimum atomic E-state index is -0.231. The fraction of sp³-hybridized carbons (Fsp3) is 0.0625. The Morgan fingerprint density at radius 1 is 1.10 bits per heavy atom. The molecule has 5 nitrogen and oxygen atoms in total. The van der Waals surface area contributed by atoms with Crippen molar-refractivity contribution >= 4 is 10.8 Å². The van der Waals surface area contributed by atoms with E-state index in [0.717, 1.165) is 11.1 Å². The lowest BCUT2D eigenvalue weighted by molar-refractivity contribution is 0.174. The Kier molecular flexibility index (Phi) is 2.41. The molecule has 2 heterocycles. The van der Waals surface area contributed by atoms with Gasteiger partial charge in [0.05, 0.1) is 5.39 Å². The van der Waals surface area contributed by atoms with Crippen LogP contribution in [0.2, 0.25) is 0 Å². The van der Waals surface area contributed by atoms with E-state index in [-0.39, 0.29) is 18.1 Å². The molecule has 1 aliphatic rings. The Balaban J connectivity index is 2.03. The average molecular weight is 281 g/mol. The van der Waals surface area contributed by atoms with E-state index in [9.17, 15) is 9.90 Å². The van der Waals surface area contributed by atoms with Gasteiger partial charge in [-0.1, -0.05) is 12.1 Å². The van der Waals surface area contributed by atoms with E-state index in [1.807, 2.05) is 18.2 Å². The first kappa shape index (κ1) is 11.8. The molecule has 2 N–H and O–H groups in total. The number of aromatic nitrogens is 1. The highest BCUT2D eigenvalue weighted by Crippen LogP contribution is 2.38. The van der Waals surface area contributed by atoms with Crippen LogP contribution in [0.5, 0.6) is 17.2 Å². The SMILES string of the molecule is O=c1[nH]cc(-c2ccc3c(c2)OCO3)c2c(O)cccc12. The molecular formula is C16H11NO4. The van der Waals surface area contributed by atoms with Crippen LogP contribution >= 0.6 is 0 Å². The number of rotatable bonds is 1. The second-order valence-corrected chi connectivity index (χ2v) is 4.80. The van der Waals surface area contributed by atoms with Crippen LogP contribution in [-0.4, -0.2) is 16.9 Å². The molecule has 2 aromatic carbocycles. The molecule has 0 unspecified atom stereocenters. The zero-order chi connectivity index (χ0) is 14.4. The minimum Gasteiger partial charge on any atom is -0.507 e. The molecule has 1 aromatic heterocycles. The number of aromatic hydroxyl groups is 1. The summed E-state index contributed by atoms with van der Waals surface area (Å²) in [6, 6.07) is 10.4. The molecule has 0 amide bonds. The van der Waals surface area contributed by atoms with E-state index < -0.39 is 0 Å². The van der Waals surface area contributed by atoms with Crippen LogP contribution in [0, 0.1) is 0 Å². The van der Waals surface area contributed by atoms with Crippen molar-refractivity contribution in [1.82, 2.24) is 4.98 Å². The van der Waals surface area contributed by atoms with E-state index in [4.69, 9.17) is 9.47 Å². The second kappa shape index (κ2) is 4.28. The molecule has 0 bridgehead atoms. The maximum absolute atomic E-state index is 11.9. The summed E-state index contributed by atoms with van der Waals surface area (Å²) in [7, 11) is 0. The maximum atomic E-state index is 11.9. The smallest absolute Gasteiger partial charge is 0.255 e. The topological polar surface area (TPSA) is 71.6 Å². The monoisotopic (exact) mass is 281 g/mol. The number of aromatic amines is 1. The third-order valence-corrected chi connectivity index (χ3v) is 3.59. The summed E-state index contributed by atoms with van der Waals surface area (Å²) in [5.74, 6) is 1.42. The Labute approximate surface area is 119 Å². The van der Waals surface area contributed by atoms with Gasteiger partial charge in [-0.3, -0.25) is 4.79 Å². The molecule has 0 aliphatic carbocycles. The Hall–Kier alpha value is -2.95. The lowest BCUT2D eigenvalue weighted by Crippen LogP contribution is -2.05. The predicted molar refractivity (Wildman–Crippen MR) is 77.8 cm³/mol. The number of hydrogen-bond acceptors (Lipinski definition) is 4. The summed E-state index contributed by atoms with van der Waals surface area (Å²) in [6.07, 6.45) is 1.60. The molecule has 4 rings (SSSR count). The molecular weight excluding hydrogens is 270 g/mol. The summed E-state index contributed by atoms with van der Waals surface area (Å²) in [5, 5.41) is 11.1. The largest absolute Gasteiger partial charge is 0.507 e. The number of ether oxygens (including phenoxy) is 2. The summed E-state index contributed by atoms with van der Waals surface area (Å²) >= 11 is 0. The van der Waals surface area contributed by atoms with Gasteiger partial charge in [-0.25, -0.2) is 0 Å².